The Morgan fingerprint density at radius 2 is 1.50 bits per heavy atom. The van der Waals surface area contributed by atoms with Gasteiger partial charge in [-0.1, -0.05) is 24.3 Å². The van der Waals surface area contributed by atoms with Gasteiger partial charge in [-0.15, -0.1) is 0 Å². The SMILES string of the molecule is CN(Cc1ccc(C(F)(F)F)cc1)C(=O)CCc1ccc(F)cc1. The molecule has 0 unspecified atom stereocenters. The molecule has 128 valence electrons. The molecule has 6 heteroatoms. The molecule has 1 amide bonds. The summed E-state index contributed by atoms with van der Waals surface area (Å²) < 4.78 is 50.3. The molecule has 0 atom stereocenters. The average Bonchev–Trinajstić information content (AvgIpc) is 2.53. The van der Waals surface area contributed by atoms with Crippen molar-refractivity contribution in [3.63, 3.8) is 0 Å². The third kappa shape index (κ3) is 5.08. The fraction of sp³-hybridized carbons (Fsp3) is 0.278. The van der Waals surface area contributed by atoms with E-state index >= 15 is 0 Å². The quantitative estimate of drug-likeness (QED) is 0.738. The van der Waals surface area contributed by atoms with Gasteiger partial charge in [-0.25, -0.2) is 4.39 Å². The van der Waals surface area contributed by atoms with Crippen molar-refractivity contribution in [1.82, 2.24) is 4.90 Å². The topological polar surface area (TPSA) is 20.3 Å². The number of hydrogen-bond acceptors (Lipinski definition) is 1. The summed E-state index contributed by atoms with van der Waals surface area (Å²) in [5, 5.41) is 0. The van der Waals surface area contributed by atoms with Crippen LogP contribution >= 0.6 is 0 Å². The summed E-state index contributed by atoms with van der Waals surface area (Å²) in [7, 11) is 1.60. The third-order valence-corrected chi connectivity index (χ3v) is 3.67. The normalized spacial score (nSPS) is 11.4. The summed E-state index contributed by atoms with van der Waals surface area (Å²) in [5.74, 6) is -0.455. The first-order chi connectivity index (χ1) is 11.3. The Morgan fingerprint density at radius 3 is 2.04 bits per heavy atom. The van der Waals surface area contributed by atoms with Gasteiger partial charge in [-0.2, -0.15) is 13.2 Å². The van der Waals surface area contributed by atoms with Crippen molar-refractivity contribution in [1.29, 1.82) is 0 Å². The van der Waals surface area contributed by atoms with Gasteiger partial charge in [0.15, 0.2) is 0 Å². The molecule has 0 spiro atoms. The van der Waals surface area contributed by atoms with Crippen LogP contribution in [0.3, 0.4) is 0 Å². The van der Waals surface area contributed by atoms with Crippen molar-refractivity contribution in [2.24, 2.45) is 0 Å². The van der Waals surface area contributed by atoms with Crippen LogP contribution in [0.1, 0.15) is 23.1 Å². The molecule has 0 aliphatic rings. The Hall–Kier alpha value is -2.37. The Balaban J connectivity index is 1.88. The van der Waals surface area contributed by atoms with Crippen molar-refractivity contribution in [3.05, 3.63) is 71.0 Å². The number of alkyl halides is 3. The highest BCUT2D eigenvalue weighted by atomic mass is 19.4. The average molecular weight is 339 g/mol. The van der Waals surface area contributed by atoms with Crippen molar-refractivity contribution in [3.8, 4) is 0 Å². The maximum Gasteiger partial charge on any atom is 0.416 e. The second-order valence-corrected chi connectivity index (χ2v) is 5.57. The minimum atomic E-state index is -4.37. The highest BCUT2D eigenvalue weighted by molar-refractivity contribution is 5.76. The molecule has 0 fully saturated rings. The van der Waals surface area contributed by atoms with Crippen molar-refractivity contribution >= 4 is 5.91 Å². The Morgan fingerprint density at radius 1 is 0.958 bits per heavy atom. The van der Waals surface area contributed by atoms with E-state index in [4.69, 9.17) is 0 Å². The predicted molar refractivity (Wildman–Crippen MR) is 82.6 cm³/mol. The van der Waals surface area contributed by atoms with Gasteiger partial charge in [0.2, 0.25) is 5.91 Å². The number of carbonyl (C=O) groups is 1. The number of amides is 1. The van der Waals surface area contributed by atoms with Gasteiger partial charge in [0.05, 0.1) is 5.56 Å². The molecular formula is C18H17F4NO. The van der Waals surface area contributed by atoms with Gasteiger partial charge < -0.3 is 4.90 Å². The second-order valence-electron chi connectivity index (χ2n) is 5.57. The van der Waals surface area contributed by atoms with Gasteiger partial charge in [0, 0.05) is 20.0 Å². The predicted octanol–water partition coefficient (Wildman–Crippen LogP) is 4.44. The van der Waals surface area contributed by atoms with Crippen LogP contribution in [0.25, 0.3) is 0 Å². The van der Waals surface area contributed by atoms with Crippen molar-refractivity contribution in [2.75, 3.05) is 7.05 Å². The standard InChI is InChI=1S/C18H17F4NO/c1-23(12-14-2-7-15(8-3-14)18(20,21)22)17(24)11-6-13-4-9-16(19)10-5-13/h2-5,7-10H,6,11-12H2,1H3. The zero-order valence-corrected chi connectivity index (χ0v) is 13.1. The molecule has 24 heavy (non-hydrogen) atoms. The van der Waals surface area contributed by atoms with Crippen LogP contribution in [0.2, 0.25) is 0 Å². The largest absolute Gasteiger partial charge is 0.416 e. The van der Waals surface area contributed by atoms with Crippen LogP contribution in [0, 0.1) is 5.82 Å². The van der Waals surface area contributed by atoms with Crippen LogP contribution < -0.4 is 0 Å². The maximum atomic E-state index is 12.8. The number of rotatable bonds is 5. The van der Waals surface area contributed by atoms with Gasteiger partial charge in [0.25, 0.3) is 0 Å². The number of nitrogens with zero attached hydrogens (tertiary/aromatic N) is 1. The molecule has 0 aliphatic carbocycles. The smallest absolute Gasteiger partial charge is 0.341 e. The summed E-state index contributed by atoms with van der Waals surface area (Å²) in [5.41, 5.74) is 0.768. The minimum Gasteiger partial charge on any atom is -0.341 e. The van der Waals surface area contributed by atoms with Crippen LogP contribution in [-0.4, -0.2) is 17.9 Å². The van der Waals surface area contributed by atoms with E-state index in [0.29, 0.717) is 12.0 Å². The van der Waals surface area contributed by atoms with Crippen molar-refractivity contribution < 1.29 is 22.4 Å². The van der Waals surface area contributed by atoms with E-state index < -0.39 is 11.7 Å². The molecule has 2 aromatic rings. The molecule has 0 saturated heterocycles. The van der Waals surface area contributed by atoms with E-state index in [0.717, 1.165) is 17.7 Å². The lowest BCUT2D eigenvalue weighted by atomic mass is 10.1. The number of halogens is 4. The molecule has 0 bridgehead atoms. The molecule has 0 N–H and O–H groups in total. The Bertz CT molecular complexity index is 678. The summed E-state index contributed by atoms with van der Waals surface area (Å²) >= 11 is 0. The molecule has 0 heterocycles. The molecular weight excluding hydrogens is 322 g/mol. The van der Waals surface area contributed by atoms with E-state index in [9.17, 15) is 22.4 Å². The lowest BCUT2D eigenvalue weighted by molar-refractivity contribution is -0.137. The van der Waals surface area contributed by atoms with E-state index in [2.05, 4.69) is 0 Å². The van der Waals surface area contributed by atoms with Gasteiger partial charge in [-0.3, -0.25) is 4.79 Å². The fourth-order valence-corrected chi connectivity index (χ4v) is 2.25. The van der Waals surface area contributed by atoms with Gasteiger partial charge in [0.1, 0.15) is 5.82 Å². The fourth-order valence-electron chi connectivity index (χ4n) is 2.25. The lowest BCUT2D eigenvalue weighted by Crippen LogP contribution is -2.26. The molecule has 0 aliphatic heterocycles. The summed E-state index contributed by atoms with van der Waals surface area (Å²) in [6.45, 7) is 0.236. The number of aryl methyl sites for hydroxylation is 1. The monoisotopic (exact) mass is 339 g/mol. The van der Waals surface area contributed by atoms with E-state index in [1.54, 1.807) is 19.2 Å². The number of carbonyl (C=O) groups excluding carboxylic acids is 1. The highest BCUT2D eigenvalue weighted by Gasteiger charge is 2.29. The summed E-state index contributed by atoms with van der Waals surface area (Å²) in [6.07, 6.45) is -3.63. The first-order valence-electron chi connectivity index (χ1n) is 7.40. The van der Waals surface area contributed by atoms with Crippen LogP contribution in [0.15, 0.2) is 48.5 Å². The number of hydrogen-bond donors (Lipinski definition) is 0. The van der Waals surface area contributed by atoms with E-state index in [-0.39, 0.29) is 24.7 Å². The van der Waals surface area contributed by atoms with Crippen LogP contribution in [0.4, 0.5) is 17.6 Å². The van der Waals surface area contributed by atoms with Crippen LogP contribution in [-0.2, 0) is 23.9 Å². The lowest BCUT2D eigenvalue weighted by Gasteiger charge is -2.18. The van der Waals surface area contributed by atoms with E-state index in [1.807, 2.05) is 0 Å². The Labute approximate surface area is 137 Å². The second kappa shape index (κ2) is 7.47. The molecule has 2 aromatic carbocycles. The summed E-state index contributed by atoms with van der Waals surface area (Å²) in [6, 6.07) is 10.7. The summed E-state index contributed by atoms with van der Waals surface area (Å²) in [4.78, 5) is 13.6. The van der Waals surface area contributed by atoms with Gasteiger partial charge >= 0.3 is 6.18 Å². The minimum absolute atomic E-state index is 0.126. The molecule has 2 nitrogen and oxygen atoms in total. The number of benzene rings is 2. The third-order valence-electron chi connectivity index (χ3n) is 3.67. The molecule has 0 radical (unpaired) electrons. The maximum absolute atomic E-state index is 12.8. The molecule has 0 saturated carbocycles. The molecule has 2 rings (SSSR count). The first kappa shape index (κ1) is 18.0. The van der Waals surface area contributed by atoms with Gasteiger partial charge in [-0.05, 0) is 41.8 Å². The highest BCUT2D eigenvalue weighted by Crippen LogP contribution is 2.29. The van der Waals surface area contributed by atoms with Crippen molar-refractivity contribution in [2.45, 2.75) is 25.6 Å². The Kier molecular flexibility index (Phi) is 5.59. The van der Waals surface area contributed by atoms with E-state index in [1.165, 1.54) is 29.2 Å². The molecule has 0 aromatic heterocycles. The first-order valence-corrected chi connectivity index (χ1v) is 7.40. The zero-order valence-electron chi connectivity index (χ0n) is 13.1. The van der Waals surface area contributed by atoms with Crippen LogP contribution in [0.5, 0.6) is 0 Å². The zero-order chi connectivity index (χ0) is 17.7.